The fraction of sp³-hybridized carbons (Fsp3) is 0.556. The molecule has 1 saturated heterocycles. The zero-order valence-corrected chi connectivity index (χ0v) is 14.0. The van der Waals surface area contributed by atoms with Crippen molar-refractivity contribution >= 4 is 11.4 Å². The molecule has 0 spiro atoms. The van der Waals surface area contributed by atoms with Crippen LogP contribution in [0, 0.1) is 12.7 Å². The molecular formula is C18H28FN3. The van der Waals surface area contributed by atoms with Gasteiger partial charge < -0.3 is 10.6 Å². The second-order valence-electron chi connectivity index (χ2n) is 6.02. The Hall–Kier alpha value is -1.55. The van der Waals surface area contributed by atoms with Crippen LogP contribution in [0.5, 0.6) is 0 Å². The van der Waals surface area contributed by atoms with Crippen LogP contribution in [-0.4, -0.2) is 37.6 Å². The summed E-state index contributed by atoms with van der Waals surface area (Å²) in [5, 5.41) is 0. The molecule has 1 aliphatic heterocycles. The maximum atomic E-state index is 14.5. The van der Waals surface area contributed by atoms with Crippen molar-refractivity contribution in [2.45, 2.75) is 33.6 Å². The van der Waals surface area contributed by atoms with Crippen LogP contribution in [0.3, 0.4) is 0 Å². The maximum absolute atomic E-state index is 14.5. The first-order chi connectivity index (χ1) is 10.6. The Morgan fingerprint density at radius 3 is 2.45 bits per heavy atom. The molecular weight excluding hydrogens is 277 g/mol. The largest absolute Gasteiger partial charge is 0.398 e. The first kappa shape index (κ1) is 16.8. The summed E-state index contributed by atoms with van der Waals surface area (Å²) in [6.07, 6.45) is 3.87. The number of benzene rings is 1. The summed E-state index contributed by atoms with van der Waals surface area (Å²) >= 11 is 0. The third kappa shape index (κ3) is 3.80. The predicted molar refractivity (Wildman–Crippen MR) is 92.5 cm³/mol. The van der Waals surface area contributed by atoms with E-state index in [0.717, 1.165) is 50.4 Å². The number of rotatable bonds is 5. The fourth-order valence-electron chi connectivity index (χ4n) is 3.14. The van der Waals surface area contributed by atoms with E-state index in [9.17, 15) is 4.39 Å². The zero-order valence-electron chi connectivity index (χ0n) is 14.0. The van der Waals surface area contributed by atoms with E-state index in [2.05, 4.69) is 22.8 Å². The number of aryl methyl sites for hydroxylation is 1. The van der Waals surface area contributed by atoms with Gasteiger partial charge in [-0.1, -0.05) is 19.9 Å². The summed E-state index contributed by atoms with van der Waals surface area (Å²) in [6, 6.07) is 3.69. The lowest BCUT2D eigenvalue weighted by atomic mass is 10.0. The van der Waals surface area contributed by atoms with Crippen molar-refractivity contribution in [3.8, 4) is 0 Å². The topological polar surface area (TPSA) is 32.5 Å². The second kappa shape index (κ2) is 7.63. The van der Waals surface area contributed by atoms with Gasteiger partial charge in [0.25, 0.3) is 0 Å². The minimum atomic E-state index is -0.215. The third-order valence-electron chi connectivity index (χ3n) is 4.26. The molecule has 2 N–H and O–H groups in total. The Balaban J connectivity index is 2.16. The van der Waals surface area contributed by atoms with Crippen LogP contribution in [0.25, 0.3) is 5.70 Å². The van der Waals surface area contributed by atoms with E-state index >= 15 is 0 Å². The lowest BCUT2D eigenvalue weighted by Gasteiger charge is -2.36. The third-order valence-corrected chi connectivity index (χ3v) is 4.26. The van der Waals surface area contributed by atoms with Crippen LogP contribution in [0.2, 0.25) is 0 Å². The molecule has 1 heterocycles. The van der Waals surface area contributed by atoms with Gasteiger partial charge in [0.05, 0.1) is 0 Å². The minimum Gasteiger partial charge on any atom is -0.398 e. The number of anilines is 1. The highest BCUT2D eigenvalue weighted by molar-refractivity contribution is 5.69. The normalized spacial score (nSPS) is 17.1. The van der Waals surface area contributed by atoms with Crippen LogP contribution in [-0.2, 0) is 0 Å². The number of nitrogens with two attached hydrogens (primary N) is 1. The molecule has 0 saturated carbocycles. The Morgan fingerprint density at radius 1 is 1.23 bits per heavy atom. The van der Waals surface area contributed by atoms with Gasteiger partial charge in [0.15, 0.2) is 0 Å². The highest BCUT2D eigenvalue weighted by atomic mass is 19.1. The van der Waals surface area contributed by atoms with Crippen LogP contribution in [0.15, 0.2) is 18.2 Å². The van der Waals surface area contributed by atoms with Gasteiger partial charge in [-0.3, -0.25) is 4.90 Å². The molecule has 2 rings (SSSR count). The predicted octanol–water partition coefficient (Wildman–Crippen LogP) is 3.38. The molecule has 1 aromatic carbocycles. The van der Waals surface area contributed by atoms with Crippen molar-refractivity contribution in [2.24, 2.45) is 5.73 Å². The quantitative estimate of drug-likeness (QED) is 0.905. The SMILES string of the molecule is CC/C=C(/N)c1c(C)cc(N2CCN(CCC)CC2)cc1F. The Morgan fingerprint density at radius 2 is 1.91 bits per heavy atom. The minimum absolute atomic E-state index is 0.215. The maximum Gasteiger partial charge on any atom is 0.134 e. The van der Waals surface area contributed by atoms with Crippen molar-refractivity contribution in [1.29, 1.82) is 0 Å². The molecule has 122 valence electrons. The van der Waals surface area contributed by atoms with Crippen molar-refractivity contribution < 1.29 is 4.39 Å². The van der Waals surface area contributed by atoms with Crippen LogP contribution in [0.1, 0.15) is 37.8 Å². The van der Waals surface area contributed by atoms with Gasteiger partial charge in [0, 0.05) is 43.1 Å². The van der Waals surface area contributed by atoms with E-state index in [1.54, 1.807) is 6.07 Å². The first-order valence-electron chi connectivity index (χ1n) is 8.30. The molecule has 1 aromatic rings. The molecule has 3 nitrogen and oxygen atoms in total. The van der Waals surface area contributed by atoms with E-state index in [0.29, 0.717) is 11.3 Å². The van der Waals surface area contributed by atoms with Gasteiger partial charge in [-0.05, 0) is 44.0 Å². The number of nitrogens with zero attached hydrogens (tertiary/aromatic N) is 2. The van der Waals surface area contributed by atoms with Crippen LogP contribution < -0.4 is 10.6 Å². The number of allylic oxidation sites excluding steroid dienone is 1. The average Bonchev–Trinajstić information content (AvgIpc) is 2.48. The molecule has 22 heavy (non-hydrogen) atoms. The molecule has 1 fully saturated rings. The highest BCUT2D eigenvalue weighted by Gasteiger charge is 2.19. The van der Waals surface area contributed by atoms with Crippen molar-refractivity contribution in [3.63, 3.8) is 0 Å². The van der Waals surface area contributed by atoms with E-state index in [1.807, 2.05) is 19.9 Å². The summed E-state index contributed by atoms with van der Waals surface area (Å²) in [7, 11) is 0. The van der Waals surface area contributed by atoms with Crippen LogP contribution >= 0.6 is 0 Å². The number of piperazine rings is 1. The molecule has 0 aromatic heterocycles. The standard InChI is InChI=1S/C18H28FN3/c1-4-6-17(20)18-14(3)12-15(13-16(18)19)22-10-8-21(7-5-2)9-11-22/h6,12-13H,4-5,7-11,20H2,1-3H3/b17-6+. The highest BCUT2D eigenvalue weighted by Crippen LogP contribution is 2.26. The van der Waals surface area contributed by atoms with E-state index in [4.69, 9.17) is 5.73 Å². The lowest BCUT2D eigenvalue weighted by molar-refractivity contribution is 0.258. The first-order valence-corrected chi connectivity index (χ1v) is 8.30. The van der Waals surface area contributed by atoms with E-state index in [-0.39, 0.29) is 5.82 Å². The summed E-state index contributed by atoms with van der Waals surface area (Å²) < 4.78 is 14.5. The van der Waals surface area contributed by atoms with Crippen molar-refractivity contribution in [1.82, 2.24) is 4.90 Å². The van der Waals surface area contributed by atoms with Gasteiger partial charge in [0.1, 0.15) is 5.82 Å². The average molecular weight is 305 g/mol. The number of hydrogen-bond donors (Lipinski definition) is 1. The Kier molecular flexibility index (Phi) is 5.83. The molecule has 0 aliphatic carbocycles. The van der Waals surface area contributed by atoms with Gasteiger partial charge in [-0.15, -0.1) is 0 Å². The molecule has 0 bridgehead atoms. The molecule has 0 radical (unpaired) electrons. The Labute approximate surface area is 133 Å². The van der Waals surface area contributed by atoms with E-state index < -0.39 is 0 Å². The van der Waals surface area contributed by atoms with Crippen molar-refractivity contribution in [2.75, 3.05) is 37.6 Å². The van der Waals surface area contributed by atoms with Gasteiger partial charge >= 0.3 is 0 Å². The summed E-state index contributed by atoms with van der Waals surface area (Å²) in [4.78, 5) is 4.74. The Bertz CT molecular complexity index is 508. The summed E-state index contributed by atoms with van der Waals surface area (Å²) in [5.74, 6) is -0.215. The number of hydrogen-bond acceptors (Lipinski definition) is 3. The molecule has 1 aliphatic rings. The second-order valence-corrected chi connectivity index (χ2v) is 6.02. The number of halogens is 1. The summed E-state index contributed by atoms with van der Waals surface area (Å²) in [5.41, 5.74) is 8.96. The molecule has 4 heteroatoms. The smallest absolute Gasteiger partial charge is 0.134 e. The van der Waals surface area contributed by atoms with Gasteiger partial charge in [-0.25, -0.2) is 4.39 Å². The zero-order chi connectivity index (χ0) is 16.1. The van der Waals surface area contributed by atoms with Crippen molar-refractivity contribution in [3.05, 3.63) is 35.2 Å². The summed E-state index contributed by atoms with van der Waals surface area (Å²) in [6.45, 7) is 11.3. The monoisotopic (exact) mass is 305 g/mol. The van der Waals surface area contributed by atoms with E-state index in [1.165, 1.54) is 6.42 Å². The molecule has 0 unspecified atom stereocenters. The fourth-order valence-corrected chi connectivity index (χ4v) is 3.14. The van der Waals surface area contributed by atoms with Gasteiger partial charge in [-0.2, -0.15) is 0 Å². The van der Waals surface area contributed by atoms with Crippen LogP contribution in [0.4, 0.5) is 10.1 Å². The van der Waals surface area contributed by atoms with Gasteiger partial charge in [0.2, 0.25) is 0 Å². The molecule has 0 atom stereocenters. The lowest BCUT2D eigenvalue weighted by Crippen LogP contribution is -2.46. The molecule has 0 amide bonds.